The van der Waals surface area contributed by atoms with Gasteiger partial charge in [-0.3, -0.25) is 4.79 Å². The van der Waals surface area contributed by atoms with Crippen molar-refractivity contribution in [2.45, 2.75) is 39.0 Å². The zero-order valence-electron chi connectivity index (χ0n) is 13.3. The third kappa shape index (κ3) is 6.17. The predicted octanol–water partition coefficient (Wildman–Crippen LogP) is 2.31. The Balaban J connectivity index is 2.51. The second-order valence-electron chi connectivity index (χ2n) is 5.69. The van der Waals surface area contributed by atoms with Crippen molar-refractivity contribution in [3.63, 3.8) is 0 Å². The number of anilines is 1. The highest BCUT2D eigenvalue weighted by molar-refractivity contribution is 5.77. The van der Waals surface area contributed by atoms with Gasteiger partial charge in [-0.15, -0.1) is 0 Å². The topological polar surface area (TPSA) is 72.3 Å². The second-order valence-corrected chi connectivity index (χ2v) is 5.69. The maximum absolute atomic E-state index is 11.2. The molecule has 0 saturated heterocycles. The number of carbonyl (C=O) groups is 1. The fourth-order valence-electron chi connectivity index (χ4n) is 2.38. The summed E-state index contributed by atoms with van der Waals surface area (Å²) in [5.74, 6) is -0.600. The highest BCUT2D eigenvalue weighted by atomic mass is 16.1. The molecule has 0 saturated carbocycles. The Morgan fingerprint density at radius 3 is 2.38 bits per heavy atom. The first-order valence-electron chi connectivity index (χ1n) is 7.88. The summed E-state index contributed by atoms with van der Waals surface area (Å²) in [6.07, 6.45) is 5.70. The lowest BCUT2D eigenvalue weighted by Crippen LogP contribution is -2.31. The van der Waals surface area contributed by atoms with E-state index in [2.05, 4.69) is 43.1 Å². The maximum atomic E-state index is 11.2. The number of nitrogens with zero attached hydrogens (tertiary/aromatic N) is 1. The van der Waals surface area contributed by atoms with Crippen molar-refractivity contribution in [3.05, 3.63) is 29.8 Å². The van der Waals surface area contributed by atoms with Gasteiger partial charge in [0, 0.05) is 25.8 Å². The van der Waals surface area contributed by atoms with E-state index in [4.69, 9.17) is 11.5 Å². The lowest BCUT2D eigenvalue weighted by atomic mass is 9.98. The van der Waals surface area contributed by atoms with E-state index in [0.29, 0.717) is 13.0 Å². The monoisotopic (exact) mass is 291 g/mol. The Labute approximate surface area is 128 Å². The van der Waals surface area contributed by atoms with Gasteiger partial charge in [-0.05, 0) is 30.5 Å². The van der Waals surface area contributed by atoms with Crippen molar-refractivity contribution in [2.75, 3.05) is 25.0 Å². The molecular formula is C17H29N3O. The number of primary amides is 1. The number of benzene rings is 1. The molecule has 0 aromatic heterocycles. The van der Waals surface area contributed by atoms with E-state index in [0.717, 1.165) is 12.1 Å². The van der Waals surface area contributed by atoms with Crippen LogP contribution in [0.1, 0.15) is 38.2 Å². The highest BCUT2D eigenvalue weighted by Gasteiger charge is 2.13. The van der Waals surface area contributed by atoms with Crippen molar-refractivity contribution >= 4 is 11.6 Å². The third-order valence-electron chi connectivity index (χ3n) is 3.89. The first-order chi connectivity index (χ1) is 10.1. The van der Waals surface area contributed by atoms with Crippen molar-refractivity contribution < 1.29 is 4.79 Å². The van der Waals surface area contributed by atoms with Gasteiger partial charge in [0.2, 0.25) is 5.91 Å². The van der Waals surface area contributed by atoms with E-state index in [-0.39, 0.29) is 11.8 Å². The quantitative estimate of drug-likeness (QED) is 0.650. The molecule has 4 heteroatoms. The summed E-state index contributed by atoms with van der Waals surface area (Å²) in [6, 6.07) is 8.32. The smallest absolute Gasteiger partial charge is 0.222 e. The van der Waals surface area contributed by atoms with Crippen LogP contribution in [0.5, 0.6) is 0 Å². The Hall–Kier alpha value is -1.55. The Morgan fingerprint density at radius 2 is 1.86 bits per heavy atom. The molecule has 0 aliphatic rings. The summed E-state index contributed by atoms with van der Waals surface area (Å²) in [5.41, 5.74) is 13.2. The average molecular weight is 291 g/mol. The largest absolute Gasteiger partial charge is 0.375 e. The Bertz CT molecular complexity index is 417. The molecule has 1 amide bonds. The van der Waals surface area contributed by atoms with Crippen LogP contribution in [-0.2, 0) is 11.2 Å². The van der Waals surface area contributed by atoms with Gasteiger partial charge in [-0.1, -0.05) is 38.3 Å². The van der Waals surface area contributed by atoms with Crippen molar-refractivity contribution in [1.82, 2.24) is 0 Å². The lowest BCUT2D eigenvalue weighted by Gasteiger charge is -2.20. The number of rotatable bonds is 10. The van der Waals surface area contributed by atoms with Crippen LogP contribution in [0.3, 0.4) is 0 Å². The lowest BCUT2D eigenvalue weighted by molar-refractivity contribution is -0.121. The molecule has 1 rings (SSSR count). The minimum absolute atomic E-state index is 0.275. The van der Waals surface area contributed by atoms with Crippen molar-refractivity contribution in [3.8, 4) is 0 Å². The van der Waals surface area contributed by atoms with Crippen LogP contribution >= 0.6 is 0 Å². The van der Waals surface area contributed by atoms with Crippen molar-refractivity contribution in [2.24, 2.45) is 17.4 Å². The molecule has 0 aliphatic carbocycles. The summed E-state index contributed by atoms with van der Waals surface area (Å²) >= 11 is 0. The standard InChI is InChI=1S/C17H29N3O/c1-3-4-5-6-11-20(2)16-9-7-14(8-10-16)12-15(13-18)17(19)21/h7-10,15H,3-6,11-13,18H2,1-2H3,(H2,19,21). The molecule has 0 spiro atoms. The van der Waals surface area contributed by atoms with Crippen molar-refractivity contribution in [1.29, 1.82) is 0 Å². The van der Waals surface area contributed by atoms with Gasteiger partial charge in [0.1, 0.15) is 0 Å². The molecule has 0 fully saturated rings. The van der Waals surface area contributed by atoms with E-state index in [1.165, 1.54) is 31.4 Å². The van der Waals surface area contributed by atoms with Gasteiger partial charge in [-0.25, -0.2) is 0 Å². The molecule has 1 unspecified atom stereocenters. The molecular weight excluding hydrogens is 262 g/mol. The highest BCUT2D eigenvalue weighted by Crippen LogP contribution is 2.17. The Morgan fingerprint density at radius 1 is 1.19 bits per heavy atom. The normalized spacial score (nSPS) is 12.1. The van der Waals surface area contributed by atoms with E-state index in [9.17, 15) is 4.79 Å². The van der Waals surface area contributed by atoms with E-state index < -0.39 is 0 Å². The van der Waals surface area contributed by atoms with E-state index in [1.54, 1.807) is 0 Å². The first kappa shape index (κ1) is 17.5. The number of unbranched alkanes of at least 4 members (excludes halogenated alkanes) is 3. The van der Waals surface area contributed by atoms with Gasteiger partial charge in [0.05, 0.1) is 5.92 Å². The zero-order chi connectivity index (χ0) is 15.7. The fourth-order valence-corrected chi connectivity index (χ4v) is 2.38. The zero-order valence-corrected chi connectivity index (χ0v) is 13.3. The van der Waals surface area contributed by atoms with Crippen LogP contribution in [-0.4, -0.2) is 26.0 Å². The van der Waals surface area contributed by atoms with Gasteiger partial charge < -0.3 is 16.4 Å². The van der Waals surface area contributed by atoms with Crippen LogP contribution in [0.4, 0.5) is 5.69 Å². The molecule has 0 bridgehead atoms. The molecule has 0 heterocycles. The van der Waals surface area contributed by atoms with Gasteiger partial charge in [0.15, 0.2) is 0 Å². The minimum atomic E-state index is -0.324. The molecule has 0 aliphatic heterocycles. The molecule has 1 aromatic rings. The minimum Gasteiger partial charge on any atom is -0.375 e. The number of hydrogen-bond donors (Lipinski definition) is 2. The molecule has 21 heavy (non-hydrogen) atoms. The van der Waals surface area contributed by atoms with Gasteiger partial charge in [0.25, 0.3) is 0 Å². The van der Waals surface area contributed by atoms with Crippen LogP contribution in [0.2, 0.25) is 0 Å². The van der Waals surface area contributed by atoms with E-state index >= 15 is 0 Å². The predicted molar refractivity (Wildman–Crippen MR) is 89.3 cm³/mol. The van der Waals surface area contributed by atoms with Crippen LogP contribution < -0.4 is 16.4 Å². The molecule has 1 aromatic carbocycles. The molecule has 4 N–H and O–H groups in total. The number of hydrogen-bond acceptors (Lipinski definition) is 3. The third-order valence-corrected chi connectivity index (χ3v) is 3.89. The first-order valence-corrected chi connectivity index (χ1v) is 7.88. The van der Waals surface area contributed by atoms with E-state index in [1.807, 2.05) is 0 Å². The number of amides is 1. The number of carbonyl (C=O) groups excluding carboxylic acids is 1. The fraction of sp³-hybridized carbons (Fsp3) is 0.588. The number of nitrogens with two attached hydrogens (primary N) is 2. The molecule has 1 atom stereocenters. The summed E-state index contributed by atoms with van der Waals surface area (Å²) in [7, 11) is 2.12. The second kappa shape index (κ2) is 9.40. The SMILES string of the molecule is CCCCCCN(C)c1ccc(CC(CN)C(N)=O)cc1. The summed E-state index contributed by atoms with van der Waals surface area (Å²) in [6.45, 7) is 3.60. The summed E-state index contributed by atoms with van der Waals surface area (Å²) < 4.78 is 0. The van der Waals surface area contributed by atoms with Crippen LogP contribution in [0.15, 0.2) is 24.3 Å². The van der Waals surface area contributed by atoms with Gasteiger partial charge >= 0.3 is 0 Å². The molecule has 4 nitrogen and oxygen atoms in total. The Kier molecular flexibility index (Phi) is 7.83. The van der Waals surface area contributed by atoms with Crippen LogP contribution in [0, 0.1) is 5.92 Å². The summed E-state index contributed by atoms with van der Waals surface area (Å²) in [5, 5.41) is 0. The molecule has 118 valence electrons. The van der Waals surface area contributed by atoms with Crippen LogP contribution in [0.25, 0.3) is 0 Å². The summed E-state index contributed by atoms with van der Waals surface area (Å²) in [4.78, 5) is 13.5. The van der Waals surface area contributed by atoms with Gasteiger partial charge in [-0.2, -0.15) is 0 Å². The average Bonchev–Trinajstić information content (AvgIpc) is 2.49. The maximum Gasteiger partial charge on any atom is 0.222 e. The molecule has 0 radical (unpaired) electrons.